The van der Waals surface area contributed by atoms with E-state index in [0.29, 0.717) is 19.5 Å². The Bertz CT molecular complexity index is 1570. The van der Waals surface area contributed by atoms with Gasteiger partial charge in [-0.3, -0.25) is 9.78 Å². The number of nitrogens with zero attached hydrogens (tertiary/aromatic N) is 2. The van der Waals surface area contributed by atoms with Crippen molar-refractivity contribution in [1.29, 1.82) is 0 Å². The van der Waals surface area contributed by atoms with Gasteiger partial charge in [-0.05, 0) is 74.7 Å². The van der Waals surface area contributed by atoms with Crippen molar-refractivity contribution < 1.29 is 9.37 Å². The number of fused-ring (bicyclic) bond motifs is 1. The van der Waals surface area contributed by atoms with Gasteiger partial charge in [-0.2, -0.15) is 4.58 Å². The zero-order valence-electron chi connectivity index (χ0n) is 25.2. The van der Waals surface area contributed by atoms with Crippen LogP contribution in [0.5, 0.6) is 0 Å². The summed E-state index contributed by atoms with van der Waals surface area (Å²) in [5.74, 6) is 0.0841. The van der Waals surface area contributed by atoms with E-state index in [0.717, 1.165) is 54.0 Å². The lowest BCUT2D eigenvalue weighted by Crippen LogP contribution is -2.28. The Hall–Kier alpha value is -4.55. The molecule has 1 aliphatic rings. The van der Waals surface area contributed by atoms with Gasteiger partial charge in [0.15, 0.2) is 5.71 Å². The summed E-state index contributed by atoms with van der Waals surface area (Å²) >= 11 is 0. The molecular formula is C37H42N5O+. The van der Waals surface area contributed by atoms with Crippen LogP contribution >= 0.6 is 0 Å². The molecule has 6 nitrogen and oxygen atoms in total. The van der Waals surface area contributed by atoms with Gasteiger partial charge in [0.05, 0.1) is 11.1 Å². The molecule has 4 N–H and O–H groups in total. The number of anilines is 2. The van der Waals surface area contributed by atoms with Crippen molar-refractivity contribution >= 4 is 34.8 Å². The Morgan fingerprint density at radius 1 is 0.884 bits per heavy atom. The minimum Gasteiger partial charge on any atom is -0.356 e. The van der Waals surface area contributed by atoms with Crippen LogP contribution in [0.2, 0.25) is 0 Å². The molecule has 43 heavy (non-hydrogen) atoms. The standard InChI is InChI=1S/C37H41N5O/c1-37(2)32-27-31(41-30-11-5-3-6-12-30)20-21-34(32)42(26-10-4-7-14-36(43)40-25-23-38)35(37)22-17-28-15-18-29(19-16-28)33-13-8-9-24-39-33/h3,5-6,8-9,11-13,15-22,24,27H,4,7,10,14,23,25-26,38H2,1-2H3,(H-,39,40,41,43)/p+1. The van der Waals surface area contributed by atoms with Gasteiger partial charge < -0.3 is 16.4 Å². The van der Waals surface area contributed by atoms with Gasteiger partial charge in [0.1, 0.15) is 6.54 Å². The van der Waals surface area contributed by atoms with E-state index in [4.69, 9.17) is 5.73 Å². The van der Waals surface area contributed by atoms with Crippen LogP contribution in [-0.2, 0) is 10.2 Å². The molecule has 0 unspecified atom stereocenters. The summed E-state index contributed by atoms with van der Waals surface area (Å²) in [5.41, 5.74) is 14.5. The number of hydrogen-bond donors (Lipinski definition) is 3. The highest BCUT2D eigenvalue weighted by atomic mass is 16.1. The predicted molar refractivity (Wildman–Crippen MR) is 178 cm³/mol. The van der Waals surface area contributed by atoms with E-state index < -0.39 is 0 Å². The lowest BCUT2D eigenvalue weighted by Gasteiger charge is -2.17. The van der Waals surface area contributed by atoms with Crippen molar-refractivity contribution in [3.63, 3.8) is 0 Å². The molecule has 6 heteroatoms. The maximum Gasteiger partial charge on any atom is 0.220 e. The summed E-state index contributed by atoms with van der Waals surface area (Å²) in [5, 5.41) is 6.43. The van der Waals surface area contributed by atoms with E-state index >= 15 is 0 Å². The minimum absolute atomic E-state index is 0.0841. The molecule has 0 saturated heterocycles. The Morgan fingerprint density at radius 3 is 2.42 bits per heavy atom. The topological polar surface area (TPSA) is 83.0 Å². The Labute approximate surface area is 255 Å². The molecule has 1 aromatic heterocycles. The maximum atomic E-state index is 12.0. The van der Waals surface area contributed by atoms with Crippen molar-refractivity contribution in [3.8, 4) is 11.3 Å². The number of hydrogen-bond acceptors (Lipinski definition) is 4. The quantitative estimate of drug-likeness (QED) is 0.117. The first-order valence-electron chi connectivity index (χ1n) is 15.2. The van der Waals surface area contributed by atoms with Crippen LogP contribution in [0.25, 0.3) is 17.3 Å². The first-order valence-corrected chi connectivity index (χ1v) is 15.2. The normalized spacial score (nSPS) is 13.7. The van der Waals surface area contributed by atoms with Crippen LogP contribution in [0.3, 0.4) is 0 Å². The first kappa shape index (κ1) is 29.9. The number of carbonyl (C=O) groups is 1. The molecule has 3 aromatic carbocycles. The molecule has 0 bridgehead atoms. The predicted octanol–water partition coefficient (Wildman–Crippen LogP) is 7.22. The summed E-state index contributed by atoms with van der Waals surface area (Å²) in [6.45, 7) is 6.52. The highest BCUT2D eigenvalue weighted by molar-refractivity contribution is 6.05. The molecule has 0 atom stereocenters. The third-order valence-corrected chi connectivity index (χ3v) is 8.01. The molecule has 1 amide bonds. The van der Waals surface area contributed by atoms with Crippen LogP contribution in [0.1, 0.15) is 50.7 Å². The van der Waals surface area contributed by atoms with Crippen LogP contribution in [-0.4, -0.2) is 40.8 Å². The fraction of sp³-hybridized carbons (Fsp3) is 0.270. The molecule has 0 fully saturated rings. The monoisotopic (exact) mass is 572 g/mol. The van der Waals surface area contributed by atoms with Gasteiger partial charge in [-0.1, -0.05) is 48.5 Å². The van der Waals surface area contributed by atoms with Crippen molar-refractivity contribution in [2.24, 2.45) is 5.73 Å². The zero-order valence-corrected chi connectivity index (χ0v) is 25.2. The number of nitrogens with one attached hydrogen (secondary N) is 2. The van der Waals surface area contributed by atoms with Crippen molar-refractivity contribution in [3.05, 3.63) is 114 Å². The van der Waals surface area contributed by atoms with E-state index in [1.807, 2.05) is 42.6 Å². The maximum absolute atomic E-state index is 12.0. The van der Waals surface area contributed by atoms with Crippen molar-refractivity contribution in [2.75, 3.05) is 25.0 Å². The van der Waals surface area contributed by atoms with E-state index in [1.54, 1.807) is 0 Å². The van der Waals surface area contributed by atoms with E-state index in [1.165, 1.54) is 17.0 Å². The minimum atomic E-state index is -0.184. The SMILES string of the molecule is CC1(C)C(/C=C/c2ccc(-c3ccccn3)cc2)=[N+](CCCCCC(=O)NCCN)c2ccc(Nc3ccccc3)cc21. The van der Waals surface area contributed by atoms with Gasteiger partial charge in [0, 0.05) is 66.8 Å². The lowest BCUT2D eigenvalue weighted by molar-refractivity contribution is -0.438. The zero-order chi connectivity index (χ0) is 30.1. The number of pyridine rings is 1. The molecule has 5 rings (SSSR count). The number of carbonyl (C=O) groups excluding carboxylic acids is 1. The van der Waals surface area contributed by atoms with Crippen LogP contribution < -0.4 is 16.4 Å². The van der Waals surface area contributed by atoms with E-state index in [9.17, 15) is 4.79 Å². The second kappa shape index (κ2) is 14.1. The Kier molecular flexibility index (Phi) is 9.80. The highest BCUT2D eigenvalue weighted by Gasteiger charge is 2.44. The fourth-order valence-corrected chi connectivity index (χ4v) is 5.69. The summed E-state index contributed by atoms with van der Waals surface area (Å²) in [7, 11) is 0. The fourth-order valence-electron chi connectivity index (χ4n) is 5.69. The number of benzene rings is 3. The van der Waals surface area contributed by atoms with Gasteiger partial charge in [-0.15, -0.1) is 0 Å². The molecule has 0 aliphatic carbocycles. The van der Waals surface area contributed by atoms with Gasteiger partial charge in [0.2, 0.25) is 11.6 Å². The number of unbranched alkanes of at least 4 members (excludes halogenated alkanes) is 2. The van der Waals surface area contributed by atoms with E-state index in [-0.39, 0.29) is 11.3 Å². The van der Waals surface area contributed by atoms with Crippen molar-refractivity contribution in [1.82, 2.24) is 10.3 Å². The number of para-hydroxylation sites is 1. The van der Waals surface area contributed by atoms with E-state index in [2.05, 4.69) is 101 Å². The summed E-state index contributed by atoms with van der Waals surface area (Å²) in [4.78, 5) is 16.5. The third kappa shape index (κ3) is 7.46. The largest absolute Gasteiger partial charge is 0.356 e. The van der Waals surface area contributed by atoms with Crippen LogP contribution in [0, 0.1) is 0 Å². The lowest BCUT2D eigenvalue weighted by atomic mass is 9.81. The molecule has 0 saturated carbocycles. The first-order chi connectivity index (χ1) is 21.0. The third-order valence-electron chi connectivity index (χ3n) is 8.01. The smallest absolute Gasteiger partial charge is 0.220 e. The number of aromatic nitrogens is 1. The number of allylic oxidation sites excluding steroid dienone is 1. The second-order valence-corrected chi connectivity index (χ2v) is 11.5. The molecule has 1 aliphatic heterocycles. The molecule has 4 aromatic rings. The molecule has 0 spiro atoms. The number of rotatable bonds is 13. The molecular weight excluding hydrogens is 530 g/mol. The summed E-state index contributed by atoms with van der Waals surface area (Å²) in [6, 6.07) is 31.5. The number of amides is 1. The Balaban J connectivity index is 1.37. The average Bonchev–Trinajstić information content (AvgIpc) is 3.24. The molecule has 220 valence electrons. The second-order valence-electron chi connectivity index (χ2n) is 11.5. The number of nitrogens with two attached hydrogens (primary N) is 1. The summed E-state index contributed by atoms with van der Waals surface area (Å²) < 4.78 is 2.47. The van der Waals surface area contributed by atoms with Crippen LogP contribution in [0.15, 0.2) is 103 Å². The van der Waals surface area contributed by atoms with Crippen LogP contribution in [0.4, 0.5) is 17.1 Å². The highest BCUT2D eigenvalue weighted by Crippen LogP contribution is 2.42. The molecule has 2 heterocycles. The molecule has 0 radical (unpaired) electrons. The van der Waals surface area contributed by atoms with Crippen molar-refractivity contribution in [2.45, 2.75) is 44.9 Å². The average molecular weight is 573 g/mol. The Morgan fingerprint density at radius 2 is 1.67 bits per heavy atom. The summed E-state index contributed by atoms with van der Waals surface area (Å²) in [6.07, 6.45) is 9.71. The van der Waals surface area contributed by atoms with Gasteiger partial charge in [-0.25, -0.2) is 0 Å². The van der Waals surface area contributed by atoms with Gasteiger partial charge in [0.25, 0.3) is 0 Å². The van der Waals surface area contributed by atoms with Gasteiger partial charge >= 0.3 is 0 Å².